The van der Waals surface area contributed by atoms with Crippen LogP contribution in [0.3, 0.4) is 0 Å². The van der Waals surface area contributed by atoms with Crippen molar-refractivity contribution in [3.8, 4) is 0 Å². The van der Waals surface area contributed by atoms with Crippen LogP contribution in [0, 0.1) is 0 Å². The Bertz CT molecular complexity index is 293. The summed E-state index contributed by atoms with van der Waals surface area (Å²) < 4.78 is 0. The Kier molecular flexibility index (Phi) is 4.32. The molecule has 1 N–H and O–H groups in total. The van der Waals surface area contributed by atoms with E-state index in [1.54, 1.807) is 11.3 Å². The van der Waals surface area contributed by atoms with E-state index in [1.807, 2.05) is 11.7 Å². The maximum atomic E-state index is 4.17. The highest BCUT2D eigenvalue weighted by Crippen LogP contribution is 2.24. The van der Waals surface area contributed by atoms with Gasteiger partial charge < -0.3 is 5.32 Å². The van der Waals surface area contributed by atoms with E-state index in [0.29, 0.717) is 12.1 Å². The molecule has 1 fully saturated rings. The standard InChI is InChI=1S/C12H21N3S/c1-3-15(8-11-5-4-6-14-11)10(2)12-7-13-9-16-12/h7,9-11,14H,3-6,8H2,1-2H3. The second kappa shape index (κ2) is 5.75. The number of rotatable bonds is 5. The zero-order valence-corrected chi connectivity index (χ0v) is 11.0. The van der Waals surface area contributed by atoms with E-state index in [4.69, 9.17) is 0 Å². The van der Waals surface area contributed by atoms with E-state index in [1.165, 1.54) is 24.3 Å². The predicted octanol–water partition coefficient (Wildman–Crippen LogP) is 2.28. The summed E-state index contributed by atoms with van der Waals surface area (Å²) in [5, 5.41) is 3.57. The minimum atomic E-state index is 0.500. The largest absolute Gasteiger partial charge is 0.313 e. The minimum Gasteiger partial charge on any atom is -0.313 e. The molecule has 1 aliphatic rings. The van der Waals surface area contributed by atoms with Crippen LogP contribution in [0.15, 0.2) is 11.7 Å². The highest BCUT2D eigenvalue weighted by Gasteiger charge is 2.21. The summed E-state index contributed by atoms with van der Waals surface area (Å²) in [4.78, 5) is 8.08. The fourth-order valence-corrected chi connectivity index (χ4v) is 3.08. The van der Waals surface area contributed by atoms with Gasteiger partial charge in [0.25, 0.3) is 0 Å². The Hall–Kier alpha value is -0.450. The van der Waals surface area contributed by atoms with Crippen LogP contribution in [0.2, 0.25) is 0 Å². The average molecular weight is 239 g/mol. The van der Waals surface area contributed by atoms with Crippen molar-refractivity contribution in [1.29, 1.82) is 0 Å². The van der Waals surface area contributed by atoms with Crippen molar-refractivity contribution < 1.29 is 0 Å². The zero-order chi connectivity index (χ0) is 11.4. The van der Waals surface area contributed by atoms with Crippen molar-refractivity contribution in [1.82, 2.24) is 15.2 Å². The lowest BCUT2D eigenvalue weighted by Crippen LogP contribution is -2.38. The molecule has 2 unspecified atom stereocenters. The molecule has 0 spiro atoms. The first-order valence-electron chi connectivity index (χ1n) is 6.17. The van der Waals surface area contributed by atoms with Crippen LogP contribution in [0.25, 0.3) is 0 Å². The van der Waals surface area contributed by atoms with Gasteiger partial charge in [-0.1, -0.05) is 6.92 Å². The lowest BCUT2D eigenvalue weighted by Gasteiger charge is -2.29. The predicted molar refractivity (Wildman–Crippen MR) is 68.8 cm³/mol. The summed E-state index contributed by atoms with van der Waals surface area (Å²) in [6.45, 7) is 7.99. The Balaban J connectivity index is 1.93. The second-order valence-electron chi connectivity index (χ2n) is 4.46. The molecule has 4 heteroatoms. The molecule has 0 radical (unpaired) electrons. The molecule has 16 heavy (non-hydrogen) atoms. The van der Waals surface area contributed by atoms with E-state index in [9.17, 15) is 0 Å². The van der Waals surface area contributed by atoms with Gasteiger partial charge >= 0.3 is 0 Å². The van der Waals surface area contributed by atoms with Crippen molar-refractivity contribution in [2.75, 3.05) is 19.6 Å². The highest BCUT2D eigenvalue weighted by atomic mass is 32.1. The summed E-state index contributed by atoms with van der Waals surface area (Å²) in [7, 11) is 0. The zero-order valence-electron chi connectivity index (χ0n) is 10.1. The Labute approximate surface area is 102 Å². The molecule has 0 saturated carbocycles. The number of nitrogens with zero attached hydrogens (tertiary/aromatic N) is 2. The van der Waals surface area contributed by atoms with Gasteiger partial charge in [-0.3, -0.25) is 9.88 Å². The monoisotopic (exact) mass is 239 g/mol. The molecule has 90 valence electrons. The van der Waals surface area contributed by atoms with E-state index in [-0.39, 0.29) is 0 Å². The van der Waals surface area contributed by atoms with Crippen molar-refractivity contribution in [3.63, 3.8) is 0 Å². The van der Waals surface area contributed by atoms with Crippen LogP contribution >= 0.6 is 11.3 Å². The van der Waals surface area contributed by atoms with Gasteiger partial charge in [-0.2, -0.15) is 0 Å². The number of thiazole rings is 1. The van der Waals surface area contributed by atoms with Gasteiger partial charge in [0.05, 0.1) is 5.51 Å². The molecule has 0 aliphatic carbocycles. The first-order valence-corrected chi connectivity index (χ1v) is 7.05. The average Bonchev–Trinajstić information content (AvgIpc) is 2.97. The summed E-state index contributed by atoms with van der Waals surface area (Å²) >= 11 is 1.76. The Morgan fingerprint density at radius 2 is 2.56 bits per heavy atom. The first kappa shape index (κ1) is 12.0. The fourth-order valence-electron chi connectivity index (χ4n) is 2.37. The molecular formula is C12H21N3S. The molecule has 2 atom stereocenters. The van der Waals surface area contributed by atoms with E-state index in [0.717, 1.165) is 13.1 Å². The van der Waals surface area contributed by atoms with Crippen LogP contribution in [0.4, 0.5) is 0 Å². The van der Waals surface area contributed by atoms with Gasteiger partial charge in [0, 0.05) is 29.7 Å². The van der Waals surface area contributed by atoms with Crippen LogP contribution in [-0.4, -0.2) is 35.6 Å². The topological polar surface area (TPSA) is 28.2 Å². The molecule has 1 aliphatic heterocycles. The van der Waals surface area contributed by atoms with Crippen molar-refractivity contribution in [3.05, 3.63) is 16.6 Å². The number of hydrogen-bond donors (Lipinski definition) is 1. The van der Waals surface area contributed by atoms with Gasteiger partial charge in [0.15, 0.2) is 0 Å². The summed E-state index contributed by atoms with van der Waals surface area (Å²) in [6, 6.07) is 1.19. The number of hydrogen-bond acceptors (Lipinski definition) is 4. The minimum absolute atomic E-state index is 0.500. The van der Waals surface area contributed by atoms with Crippen LogP contribution in [0.5, 0.6) is 0 Å². The Morgan fingerprint density at radius 1 is 1.69 bits per heavy atom. The quantitative estimate of drug-likeness (QED) is 0.854. The first-order chi connectivity index (χ1) is 7.81. The normalized spacial score (nSPS) is 22.8. The molecule has 1 aromatic heterocycles. The molecule has 1 aromatic rings. The van der Waals surface area contributed by atoms with Crippen LogP contribution in [0.1, 0.15) is 37.6 Å². The molecule has 3 nitrogen and oxygen atoms in total. The molecule has 2 heterocycles. The smallest absolute Gasteiger partial charge is 0.0794 e. The van der Waals surface area contributed by atoms with Crippen molar-refractivity contribution in [2.24, 2.45) is 0 Å². The van der Waals surface area contributed by atoms with Crippen LogP contribution < -0.4 is 5.32 Å². The van der Waals surface area contributed by atoms with Crippen molar-refractivity contribution in [2.45, 2.75) is 38.8 Å². The third kappa shape index (κ3) is 2.81. The van der Waals surface area contributed by atoms with E-state index < -0.39 is 0 Å². The molecule has 0 amide bonds. The summed E-state index contributed by atoms with van der Waals surface area (Å²) in [5.74, 6) is 0. The third-order valence-corrected chi connectivity index (χ3v) is 4.38. The lowest BCUT2D eigenvalue weighted by atomic mass is 10.1. The van der Waals surface area contributed by atoms with Crippen molar-refractivity contribution >= 4 is 11.3 Å². The molecule has 0 aromatic carbocycles. The maximum absolute atomic E-state index is 4.17. The molecule has 2 rings (SSSR count). The second-order valence-corrected chi connectivity index (χ2v) is 5.38. The molecule has 1 saturated heterocycles. The molecular weight excluding hydrogens is 218 g/mol. The highest BCUT2D eigenvalue weighted by molar-refractivity contribution is 7.09. The van der Waals surface area contributed by atoms with Gasteiger partial charge in [-0.05, 0) is 32.9 Å². The number of likely N-dealkylation sites (N-methyl/N-ethyl adjacent to an activating group) is 1. The fraction of sp³-hybridized carbons (Fsp3) is 0.750. The van der Waals surface area contributed by atoms with E-state index in [2.05, 4.69) is 29.0 Å². The maximum Gasteiger partial charge on any atom is 0.0794 e. The lowest BCUT2D eigenvalue weighted by molar-refractivity contribution is 0.205. The summed E-state index contributed by atoms with van der Waals surface area (Å²) in [5.41, 5.74) is 1.92. The van der Waals surface area contributed by atoms with Crippen LogP contribution in [-0.2, 0) is 0 Å². The summed E-state index contributed by atoms with van der Waals surface area (Å²) in [6.07, 6.45) is 4.66. The Morgan fingerprint density at radius 3 is 3.12 bits per heavy atom. The van der Waals surface area contributed by atoms with Gasteiger partial charge in [0.2, 0.25) is 0 Å². The van der Waals surface area contributed by atoms with Gasteiger partial charge in [-0.25, -0.2) is 0 Å². The van der Waals surface area contributed by atoms with E-state index >= 15 is 0 Å². The molecule has 0 bridgehead atoms. The third-order valence-electron chi connectivity index (χ3n) is 3.43. The van der Waals surface area contributed by atoms with Gasteiger partial charge in [0.1, 0.15) is 0 Å². The number of aromatic nitrogens is 1. The number of nitrogens with one attached hydrogen (secondary N) is 1. The van der Waals surface area contributed by atoms with Gasteiger partial charge in [-0.15, -0.1) is 11.3 Å². The SMILES string of the molecule is CCN(CC1CCCN1)C(C)c1cncs1.